The van der Waals surface area contributed by atoms with Crippen LogP contribution in [0.1, 0.15) is 135 Å². The second-order valence-corrected chi connectivity index (χ2v) is 24.3. The van der Waals surface area contributed by atoms with E-state index in [9.17, 15) is 53.7 Å². The third-order valence-electron chi connectivity index (χ3n) is 16.6. The van der Waals surface area contributed by atoms with Crippen LogP contribution in [-0.2, 0) is 55.8 Å². The first-order valence-electron chi connectivity index (χ1n) is 29.3. The number of nitrogens with two attached hydrogens (primary N) is 1. The highest BCUT2D eigenvalue weighted by Gasteiger charge is 2.55. The number of ketones is 3. The Labute approximate surface area is 504 Å². The van der Waals surface area contributed by atoms with Gasteiger partial charge in [-0.2, -0.15) is 0 Å². The number of Topliss-reactive ketones (excluding diaryl/α,β-unsaturated/α-hetero) is 1. The van der Waals surface area contributed by atoms with E-state index in [4.69, 9.17) is 38.9 Å². The Morgan fingerprint density at radius 3 is 2.22 bits per heavy atom. The van der Waals surface area contributed by atoms with Crippen molar-refractivity contribution in [3.8, 4) is 17.2 Å². The predicted molar refractivity (Wildman–Crippen MR) is 312 cm³/mol. The van der Waals surface area contributed by atoms with E-state index in [1.807, 2.05) is 41.5 Å². The molecule has 3 aromatic rings. The number of likely N-dealkylation sites (N-methyl/N-ethyl adjacent to an activating group) is 2. The molecule has 26 heteroatoms. The van der Waals surface area contributed by atoms with Gasteiger partial charge in [-0.05, 0) is 83.1 Å². The summed E-state index contributed by atoms with van der Waals surface area (Å²) in [6.45, 7) is 11.1. The largest absolute Gasteiger partial charge is 0.507 e. The second kappa shape index (κ2) is 27.3. The number of anilines is 1. The van der Waals surface area contributed by atoms with Gasteiger partial charge in [-0.15, -0.1) is 0 Å². The number of benzene rings is 3. The van der Waals surface area contributed by atoms with Crippen LogP contribution in [0.5, 0.6) is 17.2 Å². The van der Waals surface area contributed by atoms with Gasteiger partial charge in [0, 0.05) is 101 Å². The number of carbonyl (C=O) groups is 8. The van der Waals surface area contributed by atoms with Crippen molar-refractivity contribution < 1.29 is 86.8 Å². The number of ether oxygens (including phenoxy) is 7. The lowest BCUT2D eigenvalue weighted by molar-refractivity contribution is -0.248. The summed E-state index contributed by atoms with van der Waals surface area (Å²) in [6.07, 6.45) is -4.38. The van der Waals surface area contributed by atoms with Crippen LogP contribution < -0.4 is 31.7 Å². The number of amides is 6. The van der Waals surface area contributed by atoms with Crippen LogP contribution in [0.15, 0.2) is 42.5 Å². The molecule has 1 unspecified atom stereocenters. The molecule has 3 aromatic carbocycles. The normalized spacial score (nSPS) is 23.8. The van der Waals surface area contributed by atoms with E-state index in [0.717, 1.165) is 24.3 Å². The van der Waals surface area contributed by atoms with Crippen molar-refractivity contribution in [2.24, 2.45) is 11.7 Å². The summed E-state index contributed by atoms with van der Waals surface area (Å²) in [6, 6.07) is 8.40. The number of urea groups is 1. The fourth-order valence-corrected chi connectivity index (χ4v) is 12.0. The maximum Gasteiger partial charge on any atom is 0.409 e. The van der Waals surface area contributed by atoms with Crippen LogP contribution in [0.4, 0.5) is 20.1 Å². The molecule has 3 fully saturated rings. The number of nitrogens with zero attached hydrogens (tertiary/aromatic N) is 3. The van der Waals surface area contributed by atoms with Crippen LogP contribution in [-0.4, -0.2) is 199 Å². The molecule has 26 nitrogen and oxygen atoms in total. The summed E-state index contributed by atoms with van der Waals surface area (Å²) >= 11 is 0. The summed E-state index contributed by atoms with van der Waals surface area (Å²) in [5.41, 5.74) is 1.72. The van der Waals surface area contributed by atoms with Crippen molar-refractivity contribution in [2.45, 2.75) is 159 Å². The molecule has 3 saturated heterocycles. The second-order valence-electron chi connectivity index (χ2n) is 24.3. The first-order chi connectivity index (χ1) is 41.1. The van der Waals surface area contributed by atoms with Gasteiger partial charge < -0.3 is 85.3 Å². The zero-order valence-corrected chi connectivity index (χ0v) is 50.9. The third-order valence-corrected chi connectivity index (χ3v) is 16.6. The molecule has 3 aliphatic heterocycles. The van der Waals surface area contributed by atoms with Gasteiger partial charge in [0.1, 0.15) is 47.8 Å². The molecule has 10 atom stereocenters. The van der Waals surface area contributed by atoms with Gasteiger partial charge in [-0.1, -0.05) is 38.1 Å². The summed E-state index contributed by atoms with van der Waals surface area (Å²) in [4.78, 5) is 112. The van der Waals surface area contributed by atoms with E-state index in [-0.39, 0.29) is 109 Å². The van der Waals surface area contributed by atoms with E-state index in [1.165, 1.54) is 44.3 Å². The van der Waals surface area contributed by atoms with Gasteiger partial charge in [-0.3, -0.25) is 28.9 Å². The lowest BCUT2D eigenvalue weighted by atomic mass is 9.72. The standard InChI is InChI=1S/C61H82N8O18/c1-31(2)48(66-60(4,5)6)55(76)65-37(15-12-22-63-57(62)77)54(75)64-34-20-18-33(19-21-34)29-83-58(78)67(7)24-25-68(8)59(79)84-30-42(70)61(80)27-36-45(52(74)47-46(50(36)72)49(71)35-14-11-16-39(81-9)44(35)51(47)73)41(28-61)86-43-26-38-53(32(3)85-43)87-56-40(82-10)17-13-23-69(38)56/h11,14,16,18-21,31-32,37-38,40-41,43,48,53,56,66,72,74,80H,12-13,15,17,22-30H2,1-10H3,(H,64,75)(H,65,76)(H3,62,63,77)/t32-,37-,38-,40-,41-,43-,48-,53+,56?,61-/m0/s1. The lowest BCUT2D eigenvalue weighted by Gasteiger charge is -2.43. The predicted octanol–water partition coefficient (Wildman–Crippen LogP) is 4.15. The van der Waals surface area contributed by atoms with Gasteiger partial charge in [-0.25, -0.2) is 14.4 Å². The minimum Gasteiger partial charge on any atom is -0.507 e. The molecule has 5 aliphatic rings. The monoisotopic (exact) mass is 1210 g/mol. The molecule has 0 bridgehead atoms. The Hall–Kier alpha value is -7.46. The van der Waals surface area contributed by atoms with E-state index in [1.54, 1.807) is 31.4 Å². The molecule has 87 heavy (non-hydrogen) atoms. The third kappa shape index (κ3) is 14.6. The van der Waals surface area contributed by atoms with Gasteiger partial charge in [0.2, 0.25) is 23.4 Å². The van der Waals surface area contributed by atoms with Crippen molar-refractivity contribution in [1.29, 1.82) is 0 Å². The average molecular weight is 1220 g/mol. The highest BCUT2D eigenvalue weighted by atomic mass is 16.7. The SMILES string of the molecule is COc1cccc2c1C(=O)c1c(O)c3c(c(O)c1C2=O)C[C@@](O)(C(=O)COC(=O)N(C)CCN(C)C(=O)OCc1ccc(NC(=O)[C@H](CCCNC(N)=O)NC(=O)[C@@H](NC(C)(C)C)C(C)C)cc1)C[C@@H]3O[C@H]1C[C@H]2[C@H](OC3[C@@H](OC)CCCN32)[C@H](C)O1. The number of hydrogen-bond acceptors (Lipinski definition) is 20. The number of hydrogen-bond donors (Lipinski definition) is 8. The maximum absolute atomic E-state index is 14.3. The molecule has 474 valence electrons. The Bertz CT molecular complexity index is 3100. The Kier molecular flexibility index (Phi) is 20.6. The molecule has 9 N–H and O–H groups in total. The van der Waals surface area contributed by atoms with Gasteiger partial charge in [0.25, 0.3) is 0 Å². The fraction of sp³-hybridized carbons (Fsp3) is 0.574. The molecule has 6 amide bonds. The zero-order valence-electron chi connectivity index (χ0n) is 50.9. The summed E-state index contributed by atoms with van der Waals surface area (Å²) in [5.74, 6) is -4.95. The quantitative estimate of drug-likeness (QED) is 0.0405. The van der Waals surface area contributed by atoms with E-state index < -0.39 is 120 Å². The van der Waals surface area contributed by atoms with Crippen LogP contribution in [0, 0.1) is 5.92 Å². The highest BCUT2D eigenvalue weighted by molar-refractivity contribution is 6.31. The molecule has 0 aromatic heterocycles. The van der Waals surface area contributed by atoms with Gasteiger partial charge in [0.15, 0.2) is 18.7 Å². The van der Waals surface area contributed by atoms with Crippen molar-refractivity contribution in [3.05, 3.63) is 81.4 Å². The number of rotatable bonds is 22. The molecule has 0 spiro atoms. The Morgan fingerprint density at radius 2 is 1.57 bits per heavy atom. The molecule has 8 rings (SSSR count). The zero-order chi connectivity index (χ0) is 63.4. The number of carbonyl (C=O) groups excluding carboxylic acids is 8. The number of phenols is 2. The van der Waals surface area contributed by atoms with Crippen LogP contribution in [0.2, 0.25) is 0 Å². The number of aromatic hydroxyl groups is 2. The van der Waals surface area contributed by atoms with Crippen LogP contribution in [0.25, 0.3) is 0 Å². The highest BCUT2D eigenvalue weighted by Crippen LogP contribution is 2.53. The van der Waals surface area contributed by atoms with E-state index in [2.05, 4.69) is 26.2 Å². The first kappa shape index (κ1) is 65.5. The van der Waals surface area contributed by atoms with Crippen LogP contribution >= 0.6 is 0 Å². The van der Waals surface area contributed by atoms with Crippen molar-refractivity contribution >= 4 is 53.1 Å². The fourth-order valence-electron chi connectivity index (χ4n) is 12.0. The minimum atomic E-state index is -2.45. The number of aliphatic hydroxyl groups is 1. The summed E-state index contributed by atoms with van der Waals surface area (Å²) < 4.78 is 41.6. The van der Waals surface area contributed by atoms with E-state index >= 15 is 0 Å². The number of phenolic OH excluding ortho intramolecular Hbond substituents is 2. The van der Waals surface area contributed by atoms with Gasteiger partial charge >= 0.3 is 18.2 Å². The van der Waals surface area contributed by atoms with Crippen molar-refractivity contribution in [3.63, 3.8) is 0 Å². The Balaban J connectivity index is 0.882. The molecular formula is C61H82N8O18. The average Bonchev–Trinajstić information content (AvgIpc) is 1.22. The van der Waals surface area contributed by atoms with Crippen LogP contribution in [0.3, 0.4) is 0 Å². The van der Waals surface area contributed by atoms with Crippen molar-refractivity contribution in [2.75, 3.05) is 66.4 Å². The summed E-state index contributed by atoms with van der Waals surface area (Å²) in [7, 11) is 5.78. The molecular weight excluding hydrogens is 1130 g/mol. The summed E-state index contributed by atoms with van der Waals surface area (Å²) in [5, 5.41) is 48.1. The first-order valence-corrected chi connectivity index (χ1v) is 29.3. The Morgan fingerprint density at radius 1 is 0.897 bits per heavy atom. The molecule has 0 radical (unpaired) electrons. The smallest absolute Gasteiger partial charge is 0.409 e. The molecule has 0 saturated carbocycles. The number of piperidine rings is 1. The van der Waals surface area contributed by atoms with E-state index in [0.29, 0.717) is 17.7 Å². The topological polar surface area (TPSA) is 346 Å². The lowest BCUT2D eigenvalue weighted by Crippen LogP contribution is -2.57. The van der Waals surface area contributed by atoms with Gasteiger partial charge in [0.05, 0.1) is 48.2 Å². The number of methoxy groups -OCH3 is 2. The number of primary amides is 1. The number of fused-ring (bicyclic) bond motifs is 6. The van der Waals surface area contributed by atoms with Crippen molar-refractivity contribution in [1.82, 2.24) is 30.7 Å². The maximum atomic E-state index is 14.3. The number of nitrogens with one attached hydrogen (secondary N) is 4. The minimum absolute atomic E-state index is 0.0455. The molecule has 3 heterocycles. The molecule has 2 aliphatic carbocycles.